The van der Waals surface area contributed by atoms with Crippen LogP contribution < -0.4 is 10.1 Å². The molecule has 0 aliphatic heterocycles. The highest BCUT2D eigenvalue weighted by Crippen LogP contribution is 2.13. The Hall–Kier alpha value is -1.88. The van der Waals surface area contributed by atoms with Gasteiger partial charge in [-0.2, -0.15) is 5.10 Å². The van der Waals surface area contributed by atoms with E-state index in [1.165, 1.54) is 5.56 Å². The first-order valence-electron chi connectivity index (χ1n) is 6.56. The average Bonchev–Trinajstić information content (AvgIpc) is 2.86. The van der Waals surface area contributed by atoms with E-state index >= 15 is 0 Å². The van der Waals surface area contributed by atoms with Crippen molar-refractivity contribution in [3.63, 3.8) is 0 Å². The summed E-state index contributed by atoms with van der Waals surface area (Å²) in [6.45, 7) is 4.31. The molecule has 2 aromatic rings. The van der Waals surface area contributed by atoms with E-state index < -0.39 is 0 Å². The molecule has 1 aromatic heterocycles. The van der Waals surface area contributed by atoms with E-state index in [1.807, 2.05) is 23.9 Å². The van der Waals surface area contributed by atoms with Crippen LogP contribution >= 0.6 is 0 Å². The molecule has 5 nitrogen and oxygen atoms in total. The zero-order valence-electron chi connectivity index (χ0n) is 11.5. The first-order chi connectivity index (χ1) is 9.33. The molecule has 102 valence electrons. The number of nitrogens with zero attached hydrogens (tertiary/aromatic N) is 3. The molecule has 0 saturated carbocycles. The molecule has 0 atom stereocenters. The Bertz CT molecular complexity index is 492. The van der Waals surface area contributed by atoms with Crippen LogP contribution in [-0.4, -0.2) is 21.8 Å². The summed E-state index contributed by atoms with van der Waals surface area (Å²) >= 11 is 0. The Morgan fingerprint density at radius 2 is 2.05 bits per heavy atom. The van der Waals surface area contributed by atoms with E-state index in [-0.39, 0.29) is 0 Å². The summed E-state index contributed by atoms with van der Waals surface area (Å²) in [7, 11) is 1.94. The predicted octanol–water partition coefficient (Wildman–Crippen LogP) is 1.99. The first kappa shape index (κ1) is 13.5. The Balaban J connectivity index is 1.92. The molecule has 0 aliphatic carbocycles. The highest BCUT2D eigenvalue weighted by Gasteiger charge is 2.04. The molecule has 0 unspecified atom stereocenters. The fraction of sp³-hybridized carbons (Fsp3) is 0.429. The Kier molecular flexibility index (Phi) is 4.92. The van der Waals surface area contributed by atoms with E-state index in [0.29, 0.717) is 6.61 Å². The Labute approximate surface area is 113 Å². The van der Waals surface area contributed by atoms with Crippen molar-refractivity contribution in [1.29, 1.82) is 0 Å². The molecule has 0 aliphatic rings. The molecular weight excluding hydrogens is 240 g/mol. The maximum absolute atomic E-state index is 5.73. The lowest BCUT2D eigenvalue weighted by Gasteiger charge is -2.08. The van der Waals surface area contributed by atoms with Crippen LogP contribution in [-0.2, 0) is 19.7 Å². The van der Waals surface area contributed by atoms with Crippen LogP contribution in [0.4, 0.5) is 0 Å². The zero-order chi connectivity index (χ0) is 13.5. The number of benzene rings is 1. The summed E-state index contributed by atoms with van der Waals surface area (Å²) in [4.78, 5) is 4.21. The maximum atomic E-state index is 5.73. The van der Waals surface area contributed by atoms with Crippen molar-refractivity contribution in [3.8, 4) is 5.75 Å². The van der Waals surface area contributed by atoms with E-state index in [2.05, 4.69) is 34.5 Å². The van der Waals surface area contributed by atoms with Crippen LogP contribution in [0.2, 0.25) is 0 Å². The van der Waals surface area contributed by atoms with Crippen LogP contribution in [0, 0.1) is 0 Å². The van der Waals surface area contributed by atoms with Gasteiger partial charge < -0.3 is 10.1 Å². The first-order valence-corrected chi connectivity index (χ1v) is 6.56. The van der Waals surface area contributed by atoms with E-state index in [9.17, 15) is 0 Å². The third kappa shape index (κ3) is 3.79. The molecule has 0 fully saturated rings. The molecule has 19 heavy (non-hydrogen) atoms. The standard InChI is InChI=1S/C14H20N4O/c1-3-8-18-14(16-11-17-18)10-19-13-6-4-12(5-7-13)9-15-2/h4-7,11,15H,3,8-10H2,1-2H3. The summed E-state index contributed by atoms with van der Waals surface area (Å²) in [5.41, 5.74) is 1.24. The third-order valence-electron chi connectivity index (χ3n) is 2.80. The van der Waals surface area contributed by atoms with Crippen LogP contribution in [0.1, 0.15) is 24.7 Å². The molecule has 0 spiro atoms. The molecule has 0 amide bonds. The molecule has 0 bridgehead atoms. The van der Waals surface area contributed by atoms with Crippen molar-refractivity contribution in [1.82, 2.24) is 20.1 Å². The van der Waals surface area contributed by atoms with Crippen molar-refractivity contribution < 1.29 is 4.74 Å². The van der Waals surface area contributed by atoms with Crippen molar-refractivity contribution in [2.45, 2.75) is 33.0 Å². The topological polar surface area (TPSA) is 52.0 Å². The van der Waals surface area contributed by atoms with Crippen molar-refractivity contribution in [2.75, 3.05) is 7.05 Å². The van der Waals surface area contributed by atoms with Gasteiger partial charge in [-0.25, -0.2) is 9.67 Å². The van der Waals surface area contributed by atoms with Gasteiger partial charge in [-0.15, -0.1) is 0 Å². The van der Waals surface area contributed by atoms with Crippen LogP contribution in [0.15, 0.2) is 30.6 Å². The second kappa shape index (κ2) is 6.89. The van der Waals surface area contributed by atoms with Crippen LogP contribution in [0.5, 0.6) is 5.75 Å². The van der Waals surface area contributed by atoms with Crippen molar-refractivity contribution in [2.24, 2.45) is 0 Å². The number of aromatic nitrogens is 3. The van der Waals surface area contributed by atoms with E-state index in [0.717, 1.165) is 31.1 Å². The summed E-state index contributed by atoms with van der Waals surface area (Å²) in [6.07, 6.45) is 2.61. The number of aryl methyl sites for hydroxylation is 1. The van der Waals surface area contributed by atoms with Gasteiger partial charge in [-0.1, -0.05) is 19.1 Å². The molecule has 2 rings (SSSR count). The number of ether oxygens (including phenoxy) is 1. The van der Waals surface area contributed by atoms with Gasteiger partial charge in [0.1, 0.15) is 18.7 Å². The quantitative estimate of drug-likeness (QED) is 0.827. The molecular formula is C14H20N4O. The van der Waals surface area contributed by atoms with Crippen LogP contribution in [0.3, 0.4) is 0 Å². The van der Waals surface area contributed by atoms with Crippen molar-refractivity contribution in [3.05, 3.63) is 42.0 Å². The second-order valence-electron chi connectivity index (χ2n) is 4.36. The normalized spacial score (nSPS) is 10.6. The van der Waals surface area contributed by atoms with Gasteiger partial charge in [0, 0.05) is 13.1 Å². The highest BCUT2D eigenvalue weighted by molar-refractivity contribution is 5.27. The lowest BCUT2D eigenvalue weighted by molar-refractivity contribution is 0.286. The third-order valence-corrected chi connectivity index (χ3v) is 2.80. The monoisotopic (exact) mass is 260 g/mol. The molecule has 5 heteroatoms. The molecule has 1 N–H and O–H groups in total. The summed E-state index contributed by atoms with van der Waals surface area (Å²) in [6, 6.07) is 8.08. The number of hydrogen-bond donors (Lipinski definition) is 1. The van der Waals surface area contributed by atoms with Gasteiger partial charge in [0.15, 0.2) is 5.82 Å². The lowest BCUT2D eigenvalue weighted by Crippen LogP contribution is -2.08. The number of nitrogens with one attached hydrogen (secondary N) is 1. The Morgan fingerprint density at radius 3 is 2.74 bits per heavy atom. The predicted molar refractivity (Wildman–Crippen MR) is 73.9 cm³/mol. The molecule has 1 heterocycles. The minimum absolute atomic E-state index is 0.450. The molecule has 0 radical (unpaired) electrons. The molecule has 0 saturated heterocycles. The van der Waals surface area contributed by atoms with Crippen LogP contribution in [0.25, 0.3) is 0 Å². The van der Waals surface area contributed by atoms with Gasteiger partial charge in [0.2, 0.25) is 0 Å². The van der Waals surface area contributed by atoms with Gasteiger partial charge in [-0.05, 0) is 31.2 Å². The molecule has 1 aromatic carbocycles. The minimum Gasteiger partial charge on any atom is -0.486 e. The van der Waals surface area contributed by atoms with Gasteiger partial charge in [0.05, 0.1) is 0 Å². The fourth-order valence-corrected chi connectivity index (χ4v) is 1.85. The van der Waals surface area contributed by atoms with E-state index in [4.69, 9.17) is 4.74 Å². The summed E-state index contributed by atoms with van der Waals surface area (Å²) in [5.74, 6) is 1.71. The smallest absolute Gasteiger partial charge is 0.164 e. The second-order valence-corrected chi connectivity index (χ2v) is 4.36. The van der Waals surface area contributed by atoms with Gasteiger partial charge in [-0.3, -0.25) is 0 Å². The minimum atomic E-state index is 0.450. The number of rotatable bonds is 7. The van der Waals surface area contributed by atoms with Gasteiger partial charge in [0.25, 0.3) is 0 Å². The van der Waals surface area contributed by atoms with Gasteiger partial charge >= 0.3 is 0 Å². The lowest BCUT2D eigenvalue weighted by atomic mass is 10.2. The van der Waals surface area contributed by atoms with E-state index in [1.54, 1.807) is 6.33 Å². The SMILES string of the molecule is CCCn1ncnc1COc1ccc(CNC)cc1. The number of hydrogen-bond acceptors (Lipinski definition) is 4. The summed E-state index contributed by atoms with van der Waals surface area (Å²) < 4.78 is 7.61. The Morgan fingerprint density at radius 1 is 1.26 bits per heavy atom. The highest BCUT2D eigenvalue weighted by atomic mass is 16.5. The largest absolute Gasteiger partial charge is 0.486 e. The summed E-state index contributed by atoms with van der Waals surface area (Å²) in [5, 5.41) is 7.29. The van der Waals surface area contributed by atoms with Crippen molar-refractivity contribution >= 4 is 0 Å². The maximum Gasteiger partial charge on any atom is 0.164 e. The zero-order valence-corrected chi connectivity index (χ0v) is 11.5. The average molecular weight is 260 g/mol. The fourth-order valence-electron chi connectivity index (χ4n) is 1.85.